The number of carboxylic acid groups (broad SMARTS) is 1. The van der Waals surface area contributed by atoms with E-state index in [1.54, 1.807) is 6.92 Å². The first kappa shape index (κ1) is 9.23. The molecule has 0 aromatic heterocycles. The van der Waals surface area contributed by atoms with E-state index in [0.29, 0.717) is 0 Å². The summed E-state index contributed by atoms with van der Waals surface area (Å²) in [5, 5.41) is 8.69. The molecule has 0 aromatic carbocycles. The molecule has 0 amide bonds. The molecule has 0 radical (unpaired) electrons. The molecule has 0 bridgehead atoms. The lowest BCUT2D eigenvalue weighted by Crippen LogP contribution is -2.25. The number of Topliss-reactive ketones (excluding diaryl/α,β-unsaturated/α-hetero) is 1. The predicted octanol–water partition coefficient (Wildman–Crippen LogP) is 1.32. The van der Waals surface area contributed by atoms with Crippen molar-refractivity contribution in [3.8, 4) is 0 Å². The molecular weight excluding hydrogens is 156 g/mol. The van der Waals surface area contributed by atoms with E-state index in [1.807, 2.05) is 6.92 Å². The summed E-state index contributed by atoms with van der Waals surface area (Å²) < 4.78 is 0. The Kier molecular flexibility index (Phi) is 2.50. The van der Waals surface area contributed by atoms with Crippen LogP contribution in [-0.2, 0) is 9.59 Å². The van der Waals surface area contributed by atoms with Crippen molar-refractivity contribution in [2.75, 3.05) is 0 Å². The number of aliphatic carboxylic acids is 1. The summed E-state index contributed by atoms with van der Waals surface area (Å²) in [5.74, 6) is -1.41. The third kappa shape index (κ3) is 1.49. The second-order valence-electron chi connectivity index (χ2n) is 3.61. The van der Waals surface area contributed by atoms with Crippen LogP contribution in [0.4, 0.5) is 0 Å². The zero-order chi connectivity index (χ0) is 9.30. The fourth-order valence-corrected chi connectivity index (χ4v) is 1.75. The molecule has 1 fully saturated rings. The maximum Gasteiger partial charge on any atom is 0.306 e. The van der Waals surface area contributed by atoms with Gasteiger partial charge in [0.2, 0.25) is 0 Å². The van der Waals surface area contributed by atoms with Crippen LogP contribution >= 0.6 is 0 Å². The summed E-state index contributed by atoms with van der Waals surface area (Å²) in [4.78, 5) is 22.0. The Morgan fingerprint density at radius 3 is 2.50 bits per heavy atom. The SMILES string of the molecule is CC1CCC(C(C)C(=O)O)C1=O. The molecular formula is C9H14O3. The first-order valence-corrected chi connectivity index (χ1v) is 4.30. The highest BCUT2D eigenvalue weighted by molar-refractivity contribution is 5.89. The van der Waals surface area contributed by atoms with E-state index in [1.165, 1.54) is 0 Å². The maximum absolute atomic E-state index is 11.4. The number of ketones is 1. The van der Waals surface area contributed by atoms with E-state index in [2.05, 4.69) is 0 Å². The molecule has 3 unspecified atom stereocenters. The standard InChI is InChI=1S/C9H14O3/c1-5-3-4-7(8(5)10)6(2)9(11)12/h5-7H,3-4H2,1-2H3,(H,11,12). The smallest absolute Gasteiger partial charge is 0.306 e. The van der Waals surface area contributed by atoms with Crippen LogP contribution in [0.1, 0.15) is 26.7 Å². The number of hydrogen-bond acceptors (Lipinski definition) is 2. The molecule has 1 aliphatic carbocycles. The first-order valence-electron chi connectivity index (χ1n) is 4.30. The normalized spacial score (nSPS) is 32.0. The Morgan fingerprint density at radius 1 is 1.58 bits per heavy atom. The zero-order valence-corrected chi connectivity index (χ0v) is 7.41. The molecule has 3 heteroatoms. The Balaban J connectivity index is 2.65. The second-order valence-corrected chi connectivity index (χ2v) is 3.61. The average molecular weight is 170 g/mol. The lowest BCUT2D eigenvalue weighted by molar-refractivity contribution is -0.145. The highest BCUT2D eigenvalue weighted by Crippen LogP contribution is 2.32. The molecule has 0 aliphatic heterocycles. The fraction of sp³-hybridized carbons (Fsp3) is 0.778. The van der Waals surface area contributed by atoms with Crippen LogP contribution in [0.5, 0.6) is 0 Å². The lowest BCUT2D eigenvalue weighted by atomic mass is 9.91. The molecule has 0 aromatic rings. The third-order valence-corrected chi connectivity index (χ3v) is 2.75. The van der Waals surface area contributed by atoms with Crippen molar-refractivity contribution < 1.29 is 14.7 Å². The van der Waals surface area contributed by atoms with Crippen molar-refractivity contribution in [3.05, 3.63) is 0 Å². The average Bonchev–Trinajstić information content (AvgIpc) is 2.32. The Labute approximate surface area is 71.8 Å². The molecule has 68 valence electrons. The van der Waals surface area contributed by atoms with Gasteiger partial charge in [0.15, 0.2) is 0 Å². The molecule has 3 nitrogen and oxygen atoms in total. The number of hydrogen-bond donors (Lipinski definition) is 1. The van der Waals surface area contributed by atoms with E-state index in [-0.39, 0.29) is 17.6 Å². The van der Waals surface area contributed by atoms with Crippen LogP contribution in [0, 0.1) is 17.8 Å². The molecule has 0 spiro atoms. The van der Waals surface area contributed by atoms with Crippen LogP contribution < -0.4 is 0 Å². The monoisotopic (exact) mass is 170 g/mol. The molecule has 1 aliphatic rings. The zero-order valence-electron chi connectivity index (χ0n) is 7.41. The van der Waals surface area contributed by atoms with Gasteiger partial charge in [-0.2, -0.15) is 0 Å². The van der Waals surface area contributed by atoms with Gasteiger partial charge < -0.3 is 5.11 Å². The van der Waals surface area contributed by atoms with Crippen molar-refractivity contribution in [2.24, 2.45) is 17.8 Å². The third-order valence-electron chi connectivity index (χ3n) is 2.75. The van der Waals surface area contributed by atoms with Crippen LogP contribution in [0.3, 0.4) is 0 Å². The molecule has 12 heavy (non-hydrogen) atoms. The Bertz CT molecular complexity index is 210. The quantitative estimate of drug-likeness (QED) is 0.680. The van der Waals surface area contributed by atoms with Crippen molar-refractivity contribution in [1.82, 2.24) is 0 Å². The van der Waals surface area contributed by atoms with E-state index >= 15 is 0 Å². The summed E-state index contributed by atoms with van der Waals surface area (Å²) in [5.41, 5.74) is 0. The lowest BCUT2D eigenvalue weighted by Gasteiger charge is -2.12. The van der Waals surface area contributed by atoms with Gasteiger partial charge in [-0.3, -0.25) is 9.59 Å². The minimum atomic E-state index is -0.859. The van der Waals surface area contributed by atoms with Crippen LogP contribution in [0.2, 0.25) is 0 Å². The highest BCUT2D eigenvalue weighted by Gasteiger charge is 2.37. The van der Waals surface area contributed by atoms with Gasteiger partial charge in [0.1, 0.15) is 5.78 Å². The number of carbonyl (C=O) groups is 2. The predicted molar refractivity (Wildman–Crippen MR) is 43.7 cm³/mol. The fourth-order valence-electron chi connectivity index (χ4n) is 1.75. The second kappa shape index (κ2) is 3.25. The summed E-state index contributed by atoms with van der Waals surface area (Å²) in [6.07, 6.45) is 1.59. The summed E-state index contributed by atoms with van der Waals surface area (Å²) in [7, 11) is 0. The van der Waals surface area contributed by atoms with Gasteiger partial charge in [0.25, 0.3) is 0 Å². The van der Waals surface area contributed by atoms with E-state index in [0.717, 1.165) is 12.8 Å². The van der Waals surface area contributed by atoms with Gasteiger partial charge in [-0.15, -0.1) is 0 Å². The van der Waals surface area contributed by atoms with Crippen molar-refractivity contribution in [3.63, 3.8) is 0 Å². The van der Waals surface area contributed by atoms with Crippen LogP contribution in [0.15, 0.2) is 0 Å². The molecule has 1 N–H and O–H groups in total. The maximum atomic E-state index is 11.4. The topological polar surface area (TPSA) is 54.4 Å². The summed E-state index contributed by atoms with van der Waals surface area (Å²) in [6.45, 7) is 3.49. The van der Waals surface area contributed by atoms with Gasteiger partial charge in [-0.25, -0.2) is 0 Å². The minimum absolute atomic E-state index is 0.0665. The largest absolute Gasteiger partial charge is 0.481 e. The van der Waals surface area contributed by atoms with Gasteiger partial charge in [-0.1, -0.05) is 13.8 Å². The van der Waals surface area contributed by atoms with Gasteiger partial charge in [0.05, 0.1) is 5.92 Å². The number of carboxylic acids is 1. The summed E-state index contributed by atoms with van der Waals surface area (Å²) >= 11 is 0. The highest BCUT2D eigenvalue weighted by atomic mass is 16.4. The Hall–Kier alpha value is -0.860. The molecule has 1 saturated carbocycles. The minimum Gasteiger partial charge on any atom is -0.481 e. The van der Waals surface area contributed by atoms with Gasteiger partial charge >= 0.3 is 5.97 Å². The van der Waals surface area contributed by atoms with Crippen LogP contribution in [0.25, 0.3) is 0 Å². The first-order chi connectivity index (χ1) is 5.54. The number of rotatable bonds is 2. The number of carbonyl (C=O) groups excluding carboxylic acids is 1. The van der Waals surface area contributed by atoms with Crippen LogP contribution in [-0.4, -0.2) is 16.9 Å². The van der Waals surface area contributed by atoms with E-state index in [4.69, 9.17) is 5.11 Å². The Morgan fingerprint density at radius 2 is 2.17 bits per heavy atom. The van der Waals surface area contributed by atoms with E-state index in [9.17, 15) is 9.59 Å². The van der Waals surface area contributed by atoms with Gasteiger partial charge in [-0.05, 0) is 12.8 Å². The van der Waals surface area contributed by atoms with Crippen molar-refractivity contribution >= 4 is 11.8 Å². The molecule has 1 rings (SSSR count). The van der Waals surface area contributed by atoms with Gasteiger partial charge in [0, 0.05) is 11.8 Å². The van der Waals surface area contributed by atoms with Crippen molar-refractivity contribution in [2.45, 2.75) is 26.7 Å². The summed E-state index contributed by atoms with van der Waals surface area (Å²) in [6, 6.07) is 0. The molecule has 3 atom stereocenters. The molecule has 0 heterocycles. The molecule has 0 saturated heterocycles. The van der Waals surface area contributed by atoms with Crippen molar-refractivity contribution in [1.29, 1.82) is 0 Å². The van der Waals surface area contributed by atoms with E-state index < -0.39 is 11.9 Å².